The molecule has 2 rings (SSSR count). The molecule has 0 unspecified atom stereocenters. The molecule has 1 aromatic heterocycles. The van der Waals surface area contributed by atoms with Crippen molar-refractivity contribution < 1.29 is 17.7 Å². The Bertz CT molecular complexity index is 685. The molecule has 1 nitrogen and oxygen atoms in total. The van der Waals surface area contributed by atoms with E-state index in [-0.39, 0.29) is 12.8 Å². The van der Waals surface area contributed by atoms with Crippen LogP contribution < -0.4 is 4.57 Å². The van der Waals surface area contributed by atoms with Crippen molar-refractivity contribution >= 4 is 0 Å². The van der Waals surface area contributed by atoms with E-state index in [9.17, 15) is 13.2 Å². The SMILES string of the molecule is CCC(CC)(c1cc[n+](C)c(-c2ccccc2C)c1)C(F)(F)F. The van der Waals surface area contributed by atoms with Gasteiger partial charge in [0, 0.05) is 17.7 Å². The minimum Gasteiger partial charge on any atom is -0.201 e. The molecule has 0 bridgehead atoms. The van der Waals surface area contributed by atoms with Crippen molar-refractivity contribution in [3.8, 4) is 11.3 Å². The smallest absolute Gasteiger partial charge is 0.201 e. The number of benzene rings is 1. The summed E-state index contributed by atoms with van der Waals surface area (Å²) in [5.74, 6) is 0. The lowest BCUT2D eigenvalue weighted by Crippen LogP contribution is -2.42. The van der Waals surface area contributed by atoms with E-state index in [1.54, 1.807) is 32.2 Å². The zero-order chi connectivity index (χ0) is 17.3. The van der Waals surface area contributed by atoms with Crippen LogP contribution in [-0.2, 0) is 12.5 Å². The molecule has 0 radical (unpaired) electrons. The Morgan fingerprint density at radius 1 is 1.00 bits per heavy atom. The summed E-state index contributed by atoms with van der Waals surface area (Å²) in [4.78, 5) is 0. The molecule has 0 aliphatic rings. The van der Waals surface area contributed by atoms with Crippen LogP contribution >= 0.6 is 0 Å². The predicted octanol–water partition coefficient (Wildman–Crippen LogP) is 5.11. The van der Waals surface area contributed by atoms with E-state index < -0.39 is 11.6 Å². The second kappa shape index (κ2) is 6.34. The van der Waals surface area contributed by atoms with Crippen molar-refractivity contribution in [2.45, 2.75) is 45.2 Å². The molecule has 0 amide bonds. The average Bonchev–Trinajstić information content (AvgIpc) is 2.50. The number of pyridine rings is 1. The molecule has 23 heavy (non-hydrogen) atoms. The van der Waals surface area contributed by atoms with Crippen molar-refractivity contribution in [1.82, 2.24) is 0 Å². The first-order chi connectivity index (χ1) is 10.8. The molecule has 0 aliphatic heterocycles. The van der Waals surface area contributed by atoms with Gasteiger partial charge in [0.05, 0.1) is 5.41 Å². The fraction of sp³-hybridized carbons (Fsp3) is 0.421. The first-order valence-corrected chi connectivity index (χ1v) is 7.89. The molecular weight excluding hydrogens is 299 g/mol. The average molecular weight is 322 g/mol. The van der Waals surface area contributed by atoms with Crippen LogP contribution in [-0.4, -0.2) is 6.18 Å². The normalized spacial score (nSPS) is 12.5. The Labute approximate surface area is 135 Å². The van der Waals surface area contributed by atoms with Crippen LogP contribution in [0, 0.1) is 6.92 Å². The van der Waals surface area contributed by atoms with Crippen LogP contribution in [0.4, 0.5) is 13.2 Å². The quantitative estimate of drug-likeness (QED) is 0.689. The van der Waals surface area contributed by atoms with Crippen molar-refractivity contribution in [2.24, 2.45) is 7.05 Å². The van der Waals surface area contributed by atoms with Gasteiger partial charge in [-0.05, 0) is 37.0 Å². The molecule has 124 valence electrons. The summed E-state index contributed by atoms with van der Waals surface area (Å²) < 4.78 is 43.2. The van der Waals surface area contributed by atoms with Crippen LogP contribution in [0.1, 0.15) is 37.8 Å². The molecule has 0 fully saturated rings. The van der Waals surface area contributed by atoms with E-state index in [4.69, 9.17) is 0 Å². The Morgan fingerprint density at radius 2 is 1.61 bits per heavy atom. The van der Waals surface area contributed by atoms with Gasteiger partial charge in [-0.1, -0.05) is 32.0 Å². The van der Waals surface area contributed by atoms with Gasteiger partial charge in [-0.15, -0.1) is 0 Å². The third kappa shape index (κ3) is 2.99. The number of rotatable bonds is 4. The van der Waals surface area contributed by atoms with Crippen molar-refractivity contribution in [2.75, 3.05) is 0 Å². The summed E-state index contributed by atoms with van der Waals surface area (Å²) in [6.45, 7) is 5.19. The molecule has 2 aromatic rings. The monoisotopic (exact) mass is 322 g/mol. The summed E-state index contributed by atoms with van der Waals surface area (Å²) in [7, 11) is 1.86. The molecule has 0 aliphatic carbocycles. The minimum atomic E-state index is -4.26. The van der Waals surface area contributed by atoms with Gasteiger partial charge in [0.1, 0.15) is 7.05 Å². The van der Waals surface area contributed by atoms with Gasteiger partial charge >= 0.3 is 6.18 Å². The lowest BCUT2D eigenvalue weighted by atomic mass is 9.75. The standard InChI is InChI=1S/C19H23F3N/c1-5-18(6-2,19(20,21)22)15-11-12-23(4)17(13-15)16-10-8-7-9-14(16)3/h7-13H,5-6H2,1-4H3/q+1. The zero-order valence-electron chi connectivity index (χ0n) is 14.0. The van der Waals surface area contributed by atoms with E-state index in [0.29, 0.717) is 5.56 Å². The van der Waals surface area contributed by atoms with Gasteiger partial charge in [-0.25, -0.2) is 4.57 Å². The fourth-order valence-corrected chi connectivity index (χ4v) is 3.22. The van der Waals surface area contributed by atoms with Crippen LogP contribution in [0.25, 0.3) is 11.3 Å². The maximum absolute atomic E-state index is 13.8. The summed E-state index contributed by atoms with van der Waals surface area (Å²) in [5.41, 5.74) is 1.35. The lowest BCUT2D eigenvalue weighted by molar-refractivity contribution is -0.660. The molecule has 0 atom stereocenters. The maximum atomic E-state index is 13.8. The van der Waals surface area contributed by atoms with Gasteiger partial charge in [-0.2, -0.15) is 13.2 Å². The highest BCUT2D eigenvalue weighted by atomic mass is 19.4. The van der Waals surface area contributed by atoms with Crippen LogP contribution in [0.15, 0.2) is 42.6 Å². The van der Waals surface area contributed by atoms with Crippen LogP contribution in [0.2, 0.25) is 0 Å². The van der Waals surface area contributed by atoms with Crippen LogP contribution in [0.5, 0.6) is 0 Å². The molecule has 0 saturated heterocycles. The summed E-state index contributed by atoms with van der Waals surface area (Å²) in [6, 6.07) is 11.1. The number of aromatic nitrogens is 1. The third-order valence-electron chi connectivity index (χ3n) is 4.87. The summed E-state index contributed by atoms with van der Waals surface area (Å²) in [6.07, 6.45) is -2.47. The van der Waals surface area contributed by atoms with E-state index in [2.05, 4.69) is 0 Å². The molecule has 1 aromatic carbocycles. The number of aryl methyl sites for hydroxylation is 2. The topological polar surface area (TPSA) is 3.88 Å². The van der Waals surface area contributed by atoms with E-state index in [0.717, 1.165) is 16.8 Å². The van der Waals surface area contributed by atoms with Crippen molar-refractivity contribution in [3.63, 3.8) is 0 Å². The second-order valence-electron chi connectivity index (χ2n) is 6.01. The minimum absolute atomic E-state index is 0.0357. The number of alkyl halides is 3. The summed E-state index contributed by atoms with van der Waals surface area (Å²) >= 11 is 0. The molecule has 0 spiro atoms. The lowest BCUT2D eigenvalue weighted by Gasteiger charge is -2.34. The highest BCUT2D eigenvalue weighted by molar-refractivity contribution is 5.61. The molecule has 0 saturated carbocycles. The molecule has 1 heterocycles. The first kappa shape index (κ1) is 17.5. The predicted molar refractivity (Wildman–Crippen MR) is 86.1 cm³/mol. The highest BCUT2D eigenvalue weighted by Crippen LogP contribution is 2.46. The van der Waals surface area contributed by atoms with Gasteiger partial charge in [-0.3, -0.25) is 0 Å². The highest BCUT2D eigenvalue weighted by Gasteiger charge is 2.53. The Balaban J connectivity index is 2.68. The molecule has 0 N–H and O–H groups in total. The van der Waals surface area contributed by atoms with E-state index >= 15 is 0 Å². The Kier molecular flexibility index (Phi) is 4.83. The van der Waals surface area contributed by atoms with Crippen molar-refractivity contribution in [3.05, 3.63) is 53.7 Å². The van der Waals surface area contributed by atoms with Gasteiger partial charge in [0.25, 0.3) is 0 Å². The fourth-order valence-electron chi connectivity index (χ4n) is 3.22. The van der Waals surface area contributed by atoms with Gasteiger partial charge in [0.2, 0.25) is 5.69 Å². The third-order valence-corrected chi connectivity index (χ3v) is 4.87. The second-order valence-corrected chi connectivity index (χ2v) is 6.01. The Hall–Kier alpha value is -1.84. The summed E-state index contributed by atoms with van der Waals surface area (Å²) in [5, 5.41) is 0. The number of hydrogen-bond donors (Lipinski definition) is 0. The zero-order valence-corrected chi connectivity index (χ0v) is 14.0. The van der Waals surface area contributed by atoms with Crippen molar-refractivity contribution in [1.29, 1.82) is 0 Å². The number of hydrogen-bond acceptors (Lipinski definition) is 0. The van der Waals surface area contributed by atoms with Gasteiger partial charge in [0.15, 0.2) is 6.20 Å². The maximum Gasteiger partial charge on any atom is 0.398 e. The van der Waals surface area contributed by atoms with Gasteiger partial charge < -0.3 is 0 Å². The van der Waals surface area contributed by atoms with Crippen LogP contribution in [0.3, 0.4) is 0 Å². The molecular formula is C19H23F3N+. The first-order valence-electron chi connectivity index (χ1n) is 7.89. The van der Waals surface area contributed by atoms with E-state index in [1.807, 2.05) is 42.8 Å². The number of halogens is 3. The largest absolute Gasteiger partial charge is 0.398 e. The van der Waals surface area contributed by atoms with E-state index in [1.165, 1.54) is 0 Å². The molecule has 4 heteroatoms. The Morgan fingerprint density at radius 3 is 2.13 bits per heavy atom. The number of nitrogens with zero attached hydrogens (tertiary/aromatic N) is 1.